The zero-order chi connectivity index (χ0) is 17.9. The predicted octanol–water partition coefficient (Wildman–Crippen LogP) is 3.34. The predicted molar refractivity (Wildman–Crippen MR) is 93.6 cm³/mol. The van der Waals surface area contributed by atoms with Gasteiger partial charge in [-0.1, -0.05) is 17.3 Å². The molecule has 0 atom stereocenters. The van der Waals surface area contributed by atoms with Crippen molar-refractivity contribution < 1.29 is 13.3 Å². The number of hydrogen-bond donors (Lipinski definition) is 0. The Labute approximate surface area is 149 Å². The van der Waals surface area contributed by atoms with Gasteiger partial charge in [0.05, 0.1) is 12.2 Å². The maximum Gasteiger partial charge on any atom is 0.241 e. The summed E-state index contributed by atoms with van der Waals surface area (Å²) in [6.45, 7) is 3.57. The molecule has 2 aromatic carbocycles. The molecule has 1 fully saturated rings. The molecule has 26 heavy (non-hydrogen) atoms. The third-order valence-electron chi connectivity index (χ3n) is 4.49. The fraction of sp³-hybridized carbons (Fsp3) is 0.263. The van der Waals surface area contributed by atoms with E-state index in [0.29, 0.717) is 29.5 Å². The zero-order valence-electron chi connectivity index (χ0n) is 14.1. The standard InChI is InChI=1S/C19H18F2N4O/c20-15-7-5-14(6-8-15)19-22-18(26-23-19)13-24-9-11-25(12-10-24)17-4-2-1-3-16(17)21/h1-8H,9-13H2. The van der Waals surface area contributed by atoms with Gasteiger partial charge in [-0.15, -0.1) is 0 Å². The van der Waals surface area contributed by atoms with Crippen molar-refractivity contribution >= 4 is 5.69 Å². The van der Waals surface area contributed by atoms with Crippen LogP contribution in [0.15, 0.2) is 53.1 Å². The summed E-state index contributed by atoms with van der Waals surface area (Å²) in [7, 11) is 0. The third kappa shape index (κ3) is 3.57. The molecule has 0 bridgehead atoms. The van der Waals surface area contributed by atoms with E-state index < -0.39 is 0 Å². The number of para-hydroxylation sites is 1. The largest absolute Gasteiger partial charge is 0.367 e. The van der Waals surface area contributed by atoms with Gasteiger partial charge in [0.1, 0.15) is 11.6 Å². The summed E-state index contributed by atoms with van der Waals surface area (Å²) in [4.78, 5) is 8.62. The molecule has 7 heteroatoms. The van der Waals surface area contributed by atoms with E-state index in [2.05, 4.69) is 15.0 Å². The first-order chi connectivity index (χ1) is 12.7. The van der Waals surface area contributed by atoms with Gasteiger partial charge in [-0.2, -0.15) is 4.98 Å². The van der Waals surface area contributed by atoms with Crippen LogP contribution in [-0.4, -0.2) is 41.2 Å². The highest BCUT2D eigenvalue weighted by molar-refractivity contribution is 5.53. The Morgan fingerprint density at radius 3 is 2.38 bits per heavy atom. The van der Waals surface area contributed by atoms with Crippen LogP contribution in [0.5, 0.6) is 0 Å². The molecule has 1 aliphatic heterocycles. The van der Waals surface area contributed by atoms with E-state index in [1.807, 2.05) is 11.0 Å². The fourth-order valence-corrected chi connectivity index (χ4v) is 3.08. The first kappa shape index (κ1) is 16.7. The van der Waals surface area contributed by atoms with E-state index in [1.165, 1.54) is 18.2 Å². The number of halogens is 2. The third-order valence-corrected chi connectivity index (χ3v) is 4.49. The minimum absolute atomic E-state index is 0.193. The summed E-state index contributed by atoms with van der Waals surface area (Å²) in [5, 5.41) is 3.96. The maximum atomic E-state index is 13.9. The quantitative estimate of drug-likeness (QED) is 0.717. The van der Waals surface area contributed by atoms with E-state index in [9.17, 15) is 8.78 Å². The Kier molecular flexibility index (Phi) is 4.62. The van der Waals surface area contributed by atoms with Crippen molar-refractivity contribution in [2.45, 2.75) is 6.54 Å². The zero-order valence-corrected chi connectivity index (χ0v) is 14.1. The molecule has 134 valence electrons. The van der Waals surface area contributed by atoms with Crippen LogP contribution in [0.1, 0.15) is 5.89 Å². The smallest absolute Gasteiger partial charge is 0.241 e. The van der Waals surface area contributed by atoms with Gasteiger partial charge in [-0.3, -0.25) is 4.90 Å². The molecular formula is C19H18F2N4O. The Morgan fingerprint density at radius 2 is 1.65 bits per heavy atom. The Morgan fingerprint density at radius 1 is 0.923 bits per heavy atom. The van der Waals surface area contributed by atoms with Crippen molar-refractivity contribution in [2.75, 3.05) is 31.1 Å². The van der Waals surface area contributed by atoms with Gasteiger partial charge in [0.2, 0.25) is 11.7 Å². The van der Waals surface area contributed by atoms with Gasteiger partial charge in [0.15, 0.2) is 0 Å². The van der Waals surface area contributed by atoms with Gasteiger partial charge in [-0.05, 0) is 36.4 Å². The molecule has 0 N–H and O–H groups in total. The summed E-state index contributed by atoms with van der Waals surface area (Å²) < 4.78 is 32.2. The minimum atomic E-state index is -0.301. The van der Waals surface area contributed by atoms with Gasteiger partial charge in [0.25, 0.3) is 0 Å². The lowest BCUT2D eigenvalue weighted by Gasteiger charge is -2.35. The monoisotopic (exact) mass is 356 g/mol. The average Bonchev–Trinajstić information content (AvgIpc) is 3.12. The molecule has 4 rings (SSSR count). The second-order valence-corrected chi connectivity index (χ2v) is 6.23. The number of rotatable bonds is 4. The molecule has 0 saturated carbocycles. The highest BCUT2D eigenvalue weighted by Crippen LogP contribution is 2.21. The van der Waals surface area contributed by atoms with Crippen LogP contribution in [0.2, 0.25) is 0 Å². The van der Waals surface area contributed by atoms with Gasteiger partial charge in [0, 0.05) is 31.7 Å². The Balaban J connectivity index is 1.36. The van der Waals surface area contributed by atoms with E-state index >= 15 is 0 Å². The highest BCUT2D eigenvalue weighted by atomic mass is 19.1. The van der Waals surface area contributed by atoms with Crippen LogP contribution in [0.3, 0.4) is 0 Å². The normalized spacial score (nSPS) is 15.4. The van der Waals surface area contributed by atoms with Crippen LogP contribution < -0.4 is 4.90 Å². The van der Waals surface area contributed by atoms with Gasteiger partial charge < -0.3 is 9.42 Å². The lowest BCUT2D eigenvalue weighted by atomic mass is 10.2. The minimum Gasteiger partial charge on any atom is -0.367 e. The topological polar surface area (TPSA) is 45.4 Å². The first-order valence-electron chi connectivity index (χ1n) is 8.49. The van der Waals surface area contributed by atoms with Crippen molar-refractivity contribution in [3.8, 4) is 11.4 Å². The molecule has 2 heterocycles. The second kappa shape index (κ2) is 7.21. The summed E-state index contributed by atoms with van der Waals surface area (Å²) in [5.41, 5.74) is 1.36. The van der Waals surface area contributed by atoms with Crippen molar-refractivity contribution in [3.05, 3.63) is 66.1 Å². The highest BCUT2D eigenvalue weighted by Gasteiger charge is 2.21. The van der Waals surface area contributed by atoms with Crippen LogP contribution in [0, 0.1) is 11.6 Å². The summed E-state index contributed by atoms with van der Waals surface area (Å²) in [5.74, 6) is 0.473. The molecule has 0 unspecified atom stereocenters. The molecular weight excluding hydrogens is 338 g/mol. The summed E-state index contributed by atoms with van der Waals surface area (Å²) in [6, 6.07) is 12.8. The lowest BCUT2D eigenvalue weighted by molar-refractivity contribution is 0.215. The molecule has 0 radical (unpaired) electrons. The van der Waals surface area contributed by atoms with Crippen LogP contribution in [-0.2, 0) is 6.54 Å². The van der Waals surface area contributed by atoms with Crippen LogP contribution in [0.4, 0.5) is 14.5 Å². The van der Waals surface area contributed by atoms with Crippen LogP contribution >= 0.6 is 0 Å². The summed E-state index contributed by atoms with van der Waals surface area (Å²) >= 11 is 0. The Bertz CT molecular complexity index is 873. The van der Waals surface area contributed by atoms with Crippen molar-refractivity contribution in [1.29, 1.82) is 0 Å². The molecule has 1 aromatic heterocycles. The number of nitrogens with zero attached hydrogens (tertiary/aromatic N) is 4. The van der Waals surface area contributed by atoms with E-state index in [4.69, 9.17) is 4.52 Å². The average molecular weight is 356 g/mol. The molecule has 1 aliphatic rings. The number of piperazine rings is 1. The van der Waals surface area contributed by atoms with Crippen molar-refractivity contribution in [2.24, 2.45) is 0 Å². The number of aromatic nitrogens is 2. The molecule has 0 aliphatic carbocycles. The molecule has 3 aromatic rings. The second-order valence-electron chi connectivity index (χ2n) is 6.23. The maximum absolute atomic E-state index is 13.9. The number of anilines is 1. The van der Waals surface area contributed by atoms with E-state index in [1.54, 1.807) is 24.3 Å². The lowest BCUT2D eigenvalue weighted by Crippen LogP contribution is -2.46. The molecule has 0 amide bonds. The van der Waals surface area contributed by atoms with Crippen LogP contribution in [0.25, 0.3) is 11.4 Å². The van der Waals surface area contributed by atoms with Crippen molar-refractivity contribution in [3.63, 3.8) is 0 Å². The van der Waals surface area contributed by atoms with Gasteiger partial charge in [-0.25, -0.2) is 8.78 Å². The Hall–Kier alpha value is -2.80. The van der Waals surface area contributed by atoms with E-state index in [0.717, 1.165) is 26.2 Å². The SMILES string of the molecule is Fc1ccc(-c2noc(CN3CCN(c4ccccc4F)CC3)n2)cc1. The van der Waals surface area contributed by atoms with Crippen molar-refractivity contribution in [1.82, 2.24) is 15.0 Å². The number of benzene rings is 2. The summed E-state index contributed by atoms with van der Waals surface area (Å²) in [6.07, 6.45) is 0. The van der Waals surface area contributed by atoms with E-state index in [-0.39, 0.29) is 11.6 Å². The number of hydrogen-bond acceptors (Lipinski definition) is 5. The molecule has 1 saturated heterocycles. The molecule has 5 nitrogen and oxygen atoms in total. The molecule has 0 spiro atoms. The van der Waals surface area contributed by atoms with Gasteiger partial charge >= 0.3 is 0 Å². The first-order valence-corrected chi connectivity index (χ1v) is 8.49. The fourth-order valence-electron chi connectivity index (χ4n) is 3.08.